The number of aryl methyl sites for hydroxylation is 1. The van der Waals surface area contributed by atoms with Gasteiger partial charge in [0.1, 0.15) is 15.8 Å². The maximum absolute atomic E-state index is 13.6. The summed E-state index contributed by atoms with van der Waals surface area (Å²) in [4.78, 5) is 15.9. The number of thioether (sulfide) groups is 1. The van der Waals surface area contributed by atoms with E-state index in [1.165, 1.54) is 11.8 Å². The molecule has 6 rings (SSSR count). The molecule has 5 nitrogen and oxygen atoms in total. The predicted molar refractivity (Wildman–Crippen MR) is 127 cm³/mol. The lowest BCUT2D eigenvalue weighted by molar-refractivity contribution is -0.123. The summed E-state index contributed by atoms with van der Waals surface area (Å²) in [5.74, 6) is 2.79. The van der Waals surface area contributed by atoms with E-state index in [0.717, 1.165) is 33.8 Å². The summed E-state index contributed by atoms with van der Waals surface area (Å²) >= 11 is 7.02. The van der Waals surface area contributed by atoms with Crippen LogP contribution < -0.4 is 14.2 Å². The molecule has 0 radical (unpaired) electrons. The number of nitrogens with zero attached hydrogens (tertiary/aromatic N) is 1. The summed E-state index contributed by atoms with van der Waals surface area (Å²) in [6.07, 6.45) is 1.85. The SMILES string of the molecule is Cc1cccc2c1Oc1ccccc1[C@@H]2N1C(=O)/C(=C/c2ccc3c(c2)OCO3)SC1=S. The minimum Gasteiger partial charge on any atom is -0.456 e. The van der Waals surface area contributed by atoms with Crippen molar-refractivity contribution in [1.29, 1.82) is 0 Å². The summed E-state index contributed by atoms with van der Waals surface area (Å²) in [6, 6.07) is 19.1. The molecule has 0 aliphatic carbocycles. The van der Waals surface area contributed by atoms with E-state index in [2.05, 4.69) is 0 Å². The molecule has 1 fully saturated rings. The van der Waals surface area contributed by atoms with Crippen LogP contribution in [0.5, 0.6) is 23.0 Å². The van der Waals surface area contributed by atoms with E-state index in [0.29, 0.717) is 20.7 Å². The number of hydrogen-bond acceptors (Lipinski definition) is 6. The van der Waals surface area contributed by atoms with Crippen LogP contribution in [0.4, 0.5) is 0 Å². The first kappa shape index (κ1) is 19.4. The third kappa shape index (κ3) is 3.00. The van der Waals surface area contributed by atoms with Gasteiger partial charge in [-0.1, -0.05) is 66.4 Å². The molecule has 0 bridgehead atoms. The average molecular weight is 460 g/mol. The minimum absolute atomic E-state index is 0.119. The summed E-state index contributed by atoms with van der Waals surface area (Å²) < 4.78 is 17.6. The van der Waals surface area contributed by atoms with Crippen LogP contribution in [-0.2, 0) is 4.79 Å². The second-order valence-corrected chi connectivity index (χ2v) is 9.38. The molecule has 3 heterocycles. The Morgan fingerprint density at radius 2 is 1.81 bits per heavy atom. The first-order valence-electron chi connectivity index (χ1n) is 10.1. The first-order valence-corrected chi connectivity index (χ1v) is 11.4. The number of thiocarbonyl (C=S) groups is 1. The summed E-state index contributed by atoms with van der Waals surface area (Å²) in [5, 5.41) is 0. The molecule has 1 atom stereocenters. The van der Waals surface area contributed by atoms with Gasteiger partial charge in [0.05, 0.1) is 10.9 Å². The Labute approximate surface area is 194 Å². The smallest absolute Gasteiger partial charge is 0.267 e. The van der Waals surface area contributed by atoms with Crippen LogP contribution >= 0.6 is 24.0 Å². The number of hydrogen-bond donors (Lipinski definition) is 0. The van der Waals surface area contributed by atoms with Crippen molar-refractivity contribution in [3.63, 3.8) is 0 Å². The molecule has 0 spiro atoms. The van der Waals surface area contributed by atoms with Crippen molar-refractivity contribution >= 4 is 40.3 Å². The monoisotopic (exact) mass is 459 g/mol. The van der Waals surface area contributed by atoms with Gasteiger partial charge in [-0.25, -0.2) is 0 Å². The molecule has 3 aliphatic heterocycles. The van der Waals surface area contributed by atoms with E-state index < -0.39 is 0 Å². The van der Waals surface area contributed by atoms with E-state index in [1.54, 1.807) is 4.90 Å². The van der Waals surface area contributed by atoms with E-state index in [9.17, 15) is 4.79 Å². The molecule has 0 N–H and O–H groups in total. The van der Waals surface area contributed by atoms with Gasteiger partial charge in [0.2, 0.25) is 6.79 Å². The lowest BCUT2D eigenvalue weighted by Crippen LogP contribution is -2.35. The van der Waals surface area contributed by atoms with Crippen molar-refractivity contribution in [2.45, 2.75) is 13.0 Å². The highest BCUT2D eigenvalue weighted by Gasteiger charge is 2.42. The molecule has 0 aromatic heterocycles. The average Bonchev–Trinajstić information content (AvgIpc) is 3.37. The Bertz CT molecular complexity index is 1330. The van der Waals surface area contributed by atoms with Crippen molar-refractivity contribution in [3.8, 4) is 23.0 Å². The lowest BCUT2D eigenvalue weighted by atomic mass is 9.92. The molecule has 0 unspecified atom stereocenters. The highest BCUT2D eigenvalue weighted by Crippen LogP contribution is 2.50. The summed E-state index contributed by atoms with van der Waals surface area (Å²) in [6.45, 7) is 2.22. The molecule has 3 aliphatic rings. The molecular weight excluding hydrogens is 442 g/mol. The van der Waals surface area contributed by atoms with E-state index in [1.807, 2.05) is 73.7 Å². The van der Waals surface area contributed by atoms with Gasteiger partial charge < -0.3 is 14.2 Å². The molecule has 3 aromatic carbocycles. The van der Waals surface area contributed by atoms with Crippen molar-refractivity contribution in [3.05, 3.63) is 87.8 Å². The maximum Gasteiger partial charge on any atom is 0.267 e. The lowest BCUT2D eigenvalue weighted by Gasteiger charge is -2.34. The number of fused-ring (bicyclic) bond motifs is 3. The fourth-order valence-electron chi connectivity index (χ4n) is 4.24. The van der Waals surface area contributed by atoms with Crippen LogP contribution in [0.2, 0.25) is 0 Å². The van der Waals surface area contributed by atoms with Crippen molar-refractivity contribution < 1.29 is 19.0 Å². The van der Waals surface area contributed by atoms with Gasteiger partial charge in [-0.2, -0.15) is 0 Å². The third-order valence-corrected chi connectivity index (χ3v) is 7.07. The van der Waals surface area contributed by atoms with Crippen molar-refractivity contribution in [2.24, 2.45) is 0 Å². The fraction of sp³-hybridized carbons (Fsp3) is 0.120. The van der Waals surface area contributed by atoms with Crippen LogP contribution in [-0.4, -0.2) is 21.9 Å². The van der Waals surface area contributed by atoms with Crippen LogP contribution in [0.3, 0.4) is 0 Å². The Balaban J connectivity index is 1.42. The molecule has 158 valence electrons. The molecule has 3 aromatic rings. The zero-order chi connectivity index (χ0) is 21.8. The number of benzene rings is 3. The third-order valence-electron chi connectivity index (χ3n) is 5.74. The van der Waals surface area contributed by atoms with Gasteiger partial charge in [0, 0.05) is 11.1 Å². The number of ether oxygens (including phenoxy) is 3. The highest BCUT2D eigenvalue weighted by atomic mass is 32.2. The quantitative estimate of drug-likeness (QED) is 0.356. The van der Waals surface area contributed by atoms with Gasteiger partial charge in [0.25, 0.3) is 5.91 Å². The molecular formula is C25H17NO4S2. The Hall–Kier alpha value is -3.29. The van der Waals surface area contributed by atoms with Crippen molar-refractivity contribution in [1.82, 2.24) is 4.90 Å². The van der Waals surface area contributed by atoms with Crippen molar-refractivity contribution in [2.75, 3.05) is 6.79 Å². The van der Waals surface area contributed by atoms with Crippen LogP contribution in [0.15, 0.2) is 65.6 Å². The fourth-order valence-corrected chi connectivity index (χ4v) is 5.55. The second kappa shape index (κ2) is 7.39. The van der Waals surface area contributed by atoms with Gasteiger partial charge >= 0.3 is 0 Å². The van der Waals surface area contributed by atoms with Gasteiger partial charge in [-0.05, 0) is 42.3 Å². The molecule has 7 heteroatoms. The minimum atomic E-state index is -0.343. The highest BCUT2D eigenvalue weighted by molar-refractivity contribution is 8.26. The topological polar surface area (TPSA) is 48.0 Å². The van der Waals surface area contributed by atoms with Gasteiger partial charge in [-0.15, -0.1) is 0 Å². The predicted octanol–water partition coefficient (Wildman–Crippen LogP) is 5.82. The molecule has 1 saturated heterocycles. The second-order valence-electron chi connectivity index (χ2n) is 7.70. The molecule has 1 amide bonds. The Kier molecular flexibility index (Phi) is 4.48. The molecule has 0 saturated carbocycles. The first-order chi connectivity index (χ1) is 15.6. The zero-order valence-corrected chi connectivity index (χ0v) is 18.7. The van der Waals surface area contributed by atoms with Crippen LogP contribution in [0.1, 0.15) is 28.3 Å². The zero-order valence-electron chi connectivity index (χ0n) is 17.0. The van der Waals surface area contributed by atoms with E-state index in [4.69, 9.17) is 26.4 Å². The maximum atomic E-state index is 13.6. The largest absolute Gasteiger partial charge is 0.456 e. The summed E-state index contributed by atoms with van der Waals surface area (Å²) in [5.41, 5.74) is 3.73. The summed E-state index contributed by atoms with van der Waals surface area (Å²) in [7, 11) is 0. The standard InChI is InChI=1S/C25H17NO4S2/c1-14-5-4-7-17-22(16-6-2-3-8-18(16)30-23(14)17)26-24(27)21(32-25(26)31)12-15-9-10-19-20(11-15)29-13-28-19/h2-12,22H,13H2,1H3/b21-12-/t22-/m0/s1. The van der Waals surface area contributed by atoms with Gasteiger partial charge in [0.15, 0.2) is 11.5 Å². The van der Waals surface area contributed by atoms with Gasteiger partial charge in [-0.3, -0.25) is 9.69 Å². The van der Waals surface area contributed by atoms with E-state index >= 15 is 0 Å². The number of carbonyl (C=O) groups is 1. The van der Waals surface area contributed by atoms with Crippen LogP contribution in [0.25, 0.3) is 6.08 Å². The number of amides is 1. The Morgan fingerprint density at radius 3 is 2.72 bits per heavy atom. The number of rotatable bonds is 2. The van der Waals surface area contributed by atoms with Crippen LogP contribution in [0, 0.1) is 6.92 Å². The normalized spacial score (nSPS) is 19.7. The Morgan fingerprint density at radius 1 is 1.00 bits per heavy atom. The van der Waals surface area contributed by atoms with E-state index in [-0.39, 0.29) is 18.7 Å². The molecule has 32 heavy (non-hydrogen) atoms. The number of para-hydroxylation sites is 2. The number of carbonyl (C=O) groups excluding carboxylic acids is 1.